The minimum atomic E-state index is -0.0208. The number of nitrogens with zero attached hydrogens (tertiary/aromatic N) is 2. The Kier molecular flexibility index (Phi) is 5.25. The molecular weight excluding hydrogens is 326 g/mol. The first kappa shape index (κ1) is 17.5. The molecule has 2 amide bonds. The summed E-state index contributed by atoms with van der Waals surface area (Å²) in [6.07, 6.45) is 7.96. The number of nitrogens with one attached hydrogen (secondary N) is 1. The third kappa shape index (κ3) is 3.93. The summed E-state index contributed by atoms with van der Waals surface area (Å²) in [5.41, 5.74) is 2.82. The SMILES string of the molecule is O=C(CN(C1CC1)C1CCCc2ccccc21)NCC(=O)N1CCCC1. The molecule has 2 fully saturated rings. The summed E-state index contributed by atoms with van der Waals surface area (Å²) in [5, 5.41) is 2.86. The number of amides is 2. The zero-order valence-electron chi connectivity index (χ0n) is 15.5. The average Bonchev–Trinajstić information content (AvgIpc) is 3.36. The van der Waals surface area contributed by atoms with Gasteiger partial charge in [-0.05, 0) is 56.1 Å². The second-order valence-electron chi connectivity index (χ2n) is 7.87. The molecule has 1 saturated carbocycles. The third-order valence-corrected chi connectivity index (χ3v) is 5.98. The van der Waals surface area contributed by atoms with Crippen molar-refractivity contribution in [3.8, 4) is 0 Å². The summed E-state index contributed by atoms with van der Waals surface area (Å²) in [7, 11) is 0. The first-order chi connectivity index (χ1) is 12.7. The van der Waals surface area contributed by atoms with E-state index in [1.807, 2.05) is 4.90 Å². The highest BCUT2D eigenvalue weighted by Gasteiger charge is 2.37. The Morgan fingerprint density at radius 3 is 2.62 bits per heavy atom. The minimum Gasteiger partial charge on any atom is -0.346 e. The Labute approximate surface area is 155 Å². The van der Waals surface area contributed by atoms with Crippen molar-refractivity contribution in [2.45, 2.75) is 57.0 Å². The first-order valence-electron chi connectivity index (χ1n) is 10.1. The van der Waals surface area contributed by atoms with Crippen LogP contribution in [-0.4, -0.2) is 53.8 Å². The number of rotatable bonds is 6. The molecule has 0 spiro atoms. The van der Waals surface area contributed by atoms with Crippen molar-refractivity contribution in [1.29, 1.82) is 0 Å². The fourth-order valence-corrected chi connectivity index (χ4v) is 4.45. The van der Waals surface area contributed by atoms with E-state index in [2.05, 4.69) is 34.5 Å². The summed E-state index contributed by atoms with van der Waals surface area (Å²) in [6, 6.07) is 9.53. The van der Waals surface area contributed by atoms with Gasteiger partial charge in [0.25, 0.3) is 0 Å². The molecule has 0 bridgehead atoms. The van der Waals surface area contributed by atoms with Crippen LogP contribution in [0, 0.1) is 0 Å². The molecule has 5 nitrogen and oxygen atoms in total. The number of likely N-dealkylation sites (tertiary alicyclic amines) is 1. The summed E-state index contributed by atoms with van der Waals surface area (Å²) in [5.74, 6) is 0.0318. The third-order valence-electron chi connectivity index (χ3n) is 5.98. The van der Waals surface area contributed by atoms with Crippen LogP contribution in [0.3, 0.4) is 0 Å². The molecule has 1 unspecified atom stereocenters. The summed E-state index contributed by atoms with van der Waals surface area (Å²) in [6.45, 7) is 2.21. The van der Waals surface area contributed by atoms with E-state index < -0.39 is 0 Å². The molecule has 4 rings (SSSR count). The Bertz CT molecular complexity index is 665. The van der Waals surface area contributed by atoms with Crippen LogP contribution in [0.15, 0.2) is 24.3 Å². The van der Waals surface area contributed by atoms with Gasteiger partial charge in [0.15, 0.2) is 0 Å². The summed E-state index contributed by atoms with van der Waals surface area (Å²) < 4.78 is 0. The lowest BCUT2D eigenvalue weighted by molar-refractivity contribution is -0.132. The summed E-state index contributed by atoms with van der Waals surface area (Å²) in [4.78, 5) is 28.9. The van der Waals surface area contributed by atoms with Crippen LogP contribution in [0.25, 0.3) is 0 Å². The smallest absolute Gasteiger partial charge is 0.241 e. The fraction of sp³-hybridized carbons (Fsp3) is 0.619. The van der Waals surface area contributed by atoms with Gasteiger partial charge in [0.1, 0.15) is 0 Å². The molecule has 3 aliphatic rings. The molecule has 5 heteroatoms. The van der Waals surface area contributed by atoms with Gasteiger partial charge in [-0.1, -0.05) is 24.3 Å². The van der Waals surface area contributed by atoms with Crippen molar-refractivity contribution in [3.05, 3.63) is 35.4 Å². The maximum absolute atomic E-state index is 12.5. The molecule has 1 aromatic rings. The second kappa shape index (κ2) is 7.78. The molecule has 0 aromatic heterocycles. The molecule has 140 valence electrons. The van der Waals surface area contributed by atoms with Crippen LogP contribution >= 0.6 is 0 Å². The van der Waals surface area contributed by atoms with Gasteiger partial charge in [-0.3, -0.25) is 14.5 Å². The molecule has 26 heavy (non-hydrogen) atoms. The predicted octanol–water partition coefficient (Wildman–Crippen LogP) is 2.27. The van der Waals surface area contributed by atoms with Gasteiger partial charge in [-0.25, -0.2) is 0 Å². The normalized spacial score (nSPS) is 22.3. The minimum absolute atomic E-state index is 0.0208. The van der Waals surface area contributed by atoms with Crippen molar-refractivity contribution in [2.24, 2.45) is 0 Å². The number of fused-ring (bicyclic) bond motifs is 1. The van der Waals surface area contributed by atoms with E-state index in [1.165, 1.54) is 30.4 Å². The van der Waals surface area contributed by atoms with Crippen LogP contribution < -0.4 is 5.32 Å². The number of hydrogen-bond acceptors (Lipinski definition) is 3. The molecule has 1 atom stereocenters. The Morgan fingerprint density at radius 1 is 1.08 bits per heavy atom. The zero-order valence-corrected chi connectivity index (χ0v) is 15.5. The molecule has 0 radical (unpaired) electrons. The van der Waals surface area contributed by atoms with Crippen LogP contribution in [0.2, 0.25) is 0 Å². The van der Waals surface area contributed by atoms with Crippen molar-refractivity contribution in [3.63, 3.8) is 0 Å². The van der Waals surface area contributed by atoms with E-state index >= 15 is 0 Å². The number of benzene rings is 1. The molecular formula is C21H29N3O2. The number of aryl methyl sites for hydroxylation is 1. The van der Waals surface area contributed by atoms with Gasteiger partial charge >= 0.3 is 0 Å². The summed E-state index contributed by atoms with van der Waals surface area (Å²) >= 11 is 0. The van der Waals surface area contributed by atoms with Gasteiger partial charge in [0.2, 0.25) is 11.8 Å². The molecule has 2 aliphatic carbocycles. The average molecular weight is 355 g/mol. The van der Waals surface area contributed by atoms with Gasteiger partial charge in [-0.2, -0.15) is 0 Å². The van der Waals surface area contributed by atoms with E-state index in [4.69, 9.17) is 0 Å². The van der Waals surface area contributed by atoms with Gasteiger partial charge in [0, 0.05) is 25.2 Å². The number of hydrogen-bond donors (Lipinski definition) is 1. The van der Waals surface area contributed by atoms with Gasteiger partial charge in [-0.15, -0.1) is 0 Å². The fourth-order valence-electron chi connectivity index (χ4n) is 4.45. The molecule has 1 aromatic carbocycles. The molecule has 1 aliphatic heterocycles. The highest BCUT2D eigenvalue weighted by molar-refractivity contribution is 5.85. The second-order valence-corrected chi connectivity index (χ2v) is 7.87. The largest absolute Gasteiger partial charge is 0.346 e. The van der Waals surface area contributed by atoms with E-state index in [0.29, 0.717) is 18.6 Å². The van der Waals surface area contributed by atoms with Crippen LogP contribution in [0.1, 0.15) is 55.7 Å². The standard InChI is InChI=1S/C21H29N3O2/c25-20(22-14-21(26)23-12-3-4-13-23)15-24(17-10-11-17)19-9-5-7-16-6-1-2-8-18(16)19/h1-2,6,8,17,19H,3-5,7,9-15H2,(H,22,25). The lowest BCUT2D eigenvalue weighted by Gasteiger charge is -2.35. The lowest BCUT2D eigenvalue weighted by atomic mass is 9.86. The topological polar surface area (TPSA) is 52.7 Å². The van der Waals surface area contributed by atoms with E-state index in [1.54, 1.807) is 0 Å². The number of carbonyl (C=O) groups excluding carboxylic acids is 2. The highest BCUT2D eigenvalue weighted by atomic mass is 16.2. The number of carbonyl (C=O) groups is 2. The first-order valence-corrected chi connectivity index (χ1v) is 10.1. The van der Waals surface area contributed by atoms with E-state index in [-0.39, 0.29) is 18.4 Å². The molecule has 1 heterocycles. The van der Waals surface area contributed by atoms with Crippen molar-refractivity contribution >= 4 is 11.8 Å². The Hall–Kier alpha value is -1.88. The van der Waals surface area contributed by atoms with Crippen molar-refractivity contribution < 1.29 is 9.59 Å². The predicted molar refractivity (Wildman–Crippen MR) is 101 cm³/mol. The highest BCUT2D eigenvalue weighted by Crippen LogP contribution is 2.40. The van der Waals surface area contributed by atoms with Crippen LogP contribution in [-0.2, 0) is 16.0 Å². The monoisotopic (exact) mass is 355 g/mol. The van der Waals surface area contributed by atoms with Crippen molar-refractivity contribution in [1.82, 2.24) is 15.1 Å². The van der Waals surface area contributed by atoms with Gasteiger partial charge < -0.3 is 10.2 Å². The van der Waals surface area contributed by atoms with Crippen LogP contribution in [0.4, 0.5) is 0 Å². The zero-order chi connectivity index (χ0) is 17.9. The van der Waals surface area contributed by atoms with E-state index in [9.17, 15) is 9.59 Å². The Morgan fingerprint density at radius 2 is 1.85 bits per heavy atom. The van der Waals surface area contributed by atoms with E-state index in [0.717, 1.165) is 38.8 Å². The molecule has 1 N–H and O–H groups in total. The van der Waals surface area contributed by atoms with Crippen LogP contribution in [0.5, 0.6) is 0 Å². The maximum Gasteiger partial charge on any atom is 0.241 e. The quantitative estimate of drug-likeness (QED) is 0.852. The maximum atomic E-state index is 12.5. The lowest BCUT2D eigenvalue weighted by Crippen LogP contribution is -2.44. The Balaban J connectivity index is 1.37. The molecule has 1 saturated heterocycles. The van der Waals surface area contributed by atoms with Crippen molar-refractivity contribution in [2.75, 3.05) is 26.2 Å². The van der Waals surface area contributed by atoms with Gasteiger partial charge in [0.05, 0.1) is 13.1 Å².